The first-order chi connectivity index (χ1) is 11.7. The first kappa shape index (κ1) is 17.5. The fourth-order valence-electron chi connectivity index (χ4n) is 1.92. The van der Waals surface area contributed by atoms with E-state index in [1.165, 1.54) is 0 Å². The predicted molar refractivity (Wildman–Crippen MR) is 90.6 cm³/mol. The lowest BCUT2D eigenvalue weighted by Gasteiger charge is -2.08. The summed E-state index contributed by atoms with van der Waals surface area (Å²) in [6.45, 7) is 0.682. The van der Waals surface area contributed by atoms with Crippen LogP contribution in [0.25, 0.3) is 0 Å². The molecule has 0 unspecified atom stereocenters. The third-order valence-electron chi connectivity index (χ3n) is 3.19. The molecule has 2 rings (SSSR count). The van der Waals surface area contributed by atoms with Gasteiger partial charge in [0.25, 0.3) is 0 Å². The summed E-state index contributed by atoms with van der Waals surface area (Å²) in [6, 6.07) is 16.6. The molecule has 0 bridgehead atoms. The van der Waals surface area contributed by atoms with Gasteiger partial charge < -0.3 is 20.5 Å². The van der Waals surface area contributed by atoms with E-state index < -0.39 is 11.8 Å². The average Bonchev–Trinajstić information content (AvgIpc) is 2.62. The van der Waals surface area contributed by atoms with Crippen molar-refractivity contribution in [2.24, 2.45) is 0 Å². The Balaban J connectivity index is 1.81. The Bertz CT molecular complexity index is 656. The number of benzene rings is 2. The molecule has 0 saturated carbocycles. The summed E-state index contributed by atoms with van der Waals surface area (Å²) in [5, 5.41) is 13.6. The number of amides is 2. The minimum absolute atomic E-state index is 0.0354. The summed E-state index contributed by atoms with van der Waals surface area (Å²) in [5.41, 5.74) is 1.57. The molecule has 2 aromatic carbocycles. The van der Waals surface area contributed by atoms with Crippen molar-refractivity contribution in [3.8, 4) is 5.75 Å². The highest BCUT2D eigenvalue weighted by atomic mass is 16.5. The minimum Gasteiger partial charge on any atom is -0.489 e. The molecule has 0 fully saturated rings. The molecular weight excluding hydrogens is 308 g/mol. The Hall–Kier alpha value is -2.86. The van der Waals surface area contributed by atoms with Gasteiger partial charge in [-0.1, -0.05) is 30.3 Å². The van der Waals surface area contributed by atoms with Crippen LogP contribution in [0.5, 0.6) is 5.75 Å². The fourth-order valence-corrected chi connectivity index (χ4v) is 1.92. The molecule has 0 aliphatic rings. The second kappa shape index (κ2) is 9.32. The number of aliphatic hydroxyl groups is 1. The zero-order chi connectivity index (χ0) is 17.2. The van der Waals surface area contributed by atoms with Crippen molar-refractivity contribution in [1.82, 2.24) is 5.32 Å². The maximum Gasteiger partial charge on any atom is 0.313 e. The number of ether oxygens (including phenoxy) is 1. The van der Waals surface area contributed by atoms with Gasteiger partial charge in [0.1, 0.15) is 12.4 Å². The molecule has 0 saturated heterocycles. The van der Waals surface area contributed by atoms with Crippen LogP contribution >= 0.6 is 0 Å². The lowest BCUT2D eigenvalue weighted by atomic mass is 10.2. The minimum atomic E-state index is -0.745. The summed E-state index contributed by atoms with van der Waals surface area (Å²) < 4.78 is 5.65. The molecule has 2 amide bonds. The standard InChI is InChI=1S/C18H20N2O4/c21-12-4-11-19-17(22)18(23)20-15-7-9-16(10-8-15)24-13-14-5-2-1-3-6-14/h1-3,5-10,21H,4,11-13H2,(H,19,22)(H,20,23). The topological polar surface area (TPSA) is 87.7 Å². The Morgan fingerprint density at radius 1 is 0.958 bits per heavy atom. The van der Waals surface area contributed by atoms with E-state index in [0.717, 1.165) is 5.56 Å². The van der Waals surface area contributed by atoms with Crippen LogP contribution in [0.15, 0.2) is 54.6 Å². The Labute approximate surface area is 140 Å². The van der Waals surface area contributed by atoms with E-state index in [1.807, 2.05) is 30.3 Å². The predicted octanol–water partition coefficient (Wildman–Crippen LogP) is 1.70. The number of anilines is 1. The zero-order valence-corrected chi connectivity index (χ0v) is 13.2. The van der Waals surface area contributed by atoms with Gasteiger partial charge in [-0.05, 0) is 36.2 Å². The van der Waals surface area contributed by atoms with E-state index >= 15 is 0 Å². The van der Waals surface area contributed by atoms with Gasteiger partial charge in [0.2, 0.25) is 0 Å². The second-order valence-corrected chi connectivity index (χ2v) is 5.09. The van der Waals surface area contributed by atoms with Gasteiger partial charge in [-0.25, -0.2) is 0 Å². The number of hydrogen-bond donors (Lipinski definition) is 3. The van der Waals surface area contributed by atoms with Crippen molar-refractivity contribution in [1.29, 1.82) is 0 Å². The van der Waals surface area contributed by atoms with Crippen LogP contribution in [0, 0.1) is 0 Å². The van der Waals surface area contributed by atoms with Crippen LogP contribution < -0.4 is 15.4 Å². The van der Waals surface area contributed by atoms with E-state index in [4.69, 9.17) is 9.84 Å². The first-order valence-corrected chi connectivity index (χ1v) is 7.66. The Morgan fingerprint density at radius 3 is 2.33 bits per heavy atom. The molecule has 3 N–H and O–H groups in total. The van der Waals surface area contributed by atoms with Gasteiger partial charge in [-0.3, -0.25) is 9.59 Å². The lowest BCUT2D eigenvalue weighted by Crippen LogP contribution is -2.36. The normalized spacial score (nSPS) is 10.0. The van der Waals surface area contributed by atoms with Gasteiger partial charge in [-0.15, -0.1) is 0 Å². The van der Waals surface area contributed by atoms with Crippen molar-refractivity contribution in [2.45, 2.75) is 13.0 Å². The molecule has 126 valence electrons. The summed E-state index contributed by atoms with van der Waals surface area (Å²) >= 11 is 0. The molecule has 6 nitrogen and oxygen atoms in total. The molecule has 0 heterocycles. The first-order valence-electron chi connectivity index (χ1n) is 7.66. The third-order valence-corrected chi connectivity index (χ3v) is 3.19. The summed E-state index contributed by atoms with van der Waals surface area (Å²) in [7, 11) is 0. The number of rotatable bonds is 7. The molecule has 6 heteroatoms. The van der Waals surface area contributed by atoms with E-state index in [2.05, 4.69) is 10.6 Å². The van der Waals surface area contributed by atoms with E-state index in [0.29, 0.717) is 24.5 Å². The van der Waals surface area contributed by atoms with Crippen LogP contribution in [0.2, 0.25) is 0 Å². The molecule has 0 aliphatic heterocycles. The molecule has 0 atom stereocenters. The van der Waals surface area contributed by atoms with Crippen LogP contribution in [0.4, 0.5) is 5.69 Å². The van der Waals surface area contributed by atoms with Gasteiger partial charge in [0, 0.05) is 18.8 Å². The van der Waals surface area contributed by atoms with Gasteiger partial charge in [-0.2, -0.15) is 0 Å². The highest BCUT2D eigenvalue weighted by Crippen LogP contribution is 2.17. The van der Waals surface area contributed by atoms with Crippen LogP contribution in [0.1, 0.15) is 12.0 Å². The maximum atomic E-state index is 11.7. The Kier molecular flexibility index (Phi) is 6.79. The molecule has 0 radical (unpaired) electrons. The monoisotopic (exact) mass is 328 g/mol. The number of hydrogen-bond acceptors (Lipinski definition) is 4. The highest BCUT2D eigenvalue weighted by Gasteiger charge is 2.12. The van der Waals surface area contributed by atoms with Crippen molar-refractivity contribution in [3.63, 3.8) is 0 Å². The van der Waals surface area contributed by atoms with Gasteiger partial charge in [0.15, 0.2) is 0 Å². The van der Waals surface area contributed by atoms with Crippen molar-refractivity contribution >= 4 is 17.5 Å². The van der Waals surface area contributed by atoms with Crippen molar-refractivity contribution < 1.29 is 19.4 Å². The molecule has 0 aromatic heterocycles. The quantitative estimate of drug-likeness (QED) is 0.533. The second-order valence-electron chi connectivity index (χ2n) is 5.09. The van der Waals surface area contributed by atoms with E-state index in [1.54, 1.807) is 24.3 Å². The van der Waals surface area contributed by atoms with Crippen molar-refractivity contribution in [2.75, 3.05) is 18.5 Å². The summed E-state index contributed by atoms with van der Waals surface area (Å²) in [5.74, 6) is -0.803. The summed E-state index contributed by atoms with van der Waals surface area (Å²) in [4.78, 5) is 23.2. The summed E-state index contributed by atoms with van der Waals surface area (Å²) in [6.07, 6.45) is 0.409. The lowest BCUT2D eigenvalue weighted by molar-refractivity contribution is -0.136. The highest BCUT2D eigenvalue weighted by molar-refractivity contribution is 6.39. The van der Waals surface area contributed by atoms with E-state index in [9.17, 15) is 9.59 Å². The molecule has 0 spiro atoms. The molecule has 2 aromatic rings. The fraction of sp³-hybridized carbons (Fsp3) is 0.222. The van der Waals surface area contributed by atoms with Gasteiger partial charge >= 0.3 is 11.8 Å². The number of nitrogens with one attached hydrogen (secondary N) is 2. The molecule has 0 aliphatic carbocycles. The van der Waals surface area contributed by atoms with Crippen LogP contribution in [-0.2, 0) is 16.2 Å². The average molecular weight is 328 g/mol. The van der Waals surface area contributed by atoms with Crippen LogP contribution in [0.3, 0.4) is 0 Å². The Morgan fingerprint density at radius 2 is 1.67 bits per heavy atom. The van der Waals surface area contributed by atoms with Crippen LogP contribution in [-0.4, -0.2) is 30.1 Å². The van der Waals surface area contributed by atoms with Crippen molar-refractivity contribution in [3.05, 3.63) is 60.2 Å². The number of carbonyl (C=O) groups is 2. The largest absolute Gasteiger partial charge is 0.489 e. The SMILES string of the molecule is O=C(NCCCO)C(=O)Nc1ccc(OCc2ccccc2)cc1. The smallest absolute Gasteiger partial charge is 0.313 e. The number of aliphatic hydroxyl groups excluding tert-OH is 1. The zero-order valence-electron chi connectivity index (χ0n) is 13.2. The maximum absolute atomic E-state index is 11.7. The van der Waals surface area contributed by atoms with E-state index in [-0.39, 0.29) is 13.2 Å². The van der Waals surface area contributed by atoms with Gasteiger partial charge in [0.05, 0.1) is 0 Å². The third kappa shape index (κ3) is 5.73. The molecular formula is C18H20N2O4. The molecule has 24 heavy (non-hydrogen) atoms. The number of carbonyl (C=O) groups excluding carboxylic acids is 2.